The number of nitrogens with one attached hydrogen (secondary N) is 1. The average molecular weight is 435 g/mol. The highest BCUT2D eigenvalue weighted by Gasteiger charge is 2.19. The van der Waals surface area contributed by atoms with Crippen LogP contribution in [0.25, 0.3) is 0 Å². The largest absolute Gasteiger partial charge is 0.493 e. The van der Waals surface area contributed by atoms with Crippen molar-refractivity contribution in [2.45, 2.75) is 6.42 Å². The summed E-state index contributed by atoms with van der Waals surface area (Å²) in [4.78, 5) is 24.8. The maximum Gasteiger partial charge on any atom is 0.340 e. The van der Waals surface area contributed by atoms with Gasteiger partial charge in [-0.15, -0.1) is 0 Å². The fraction of sp³-hybridized carbons (Fsp3) is 0.200. The van der Waals surface area contributed by atoms with E-state index in [1.165, 1.54) is 33.5 Å². The van der Waals surface area contributed by atoms with Gasteiger partial charge in [-0.2, -0.15) is 0 Å². The third-order valence-corrected chi connectivity index (χ3v) is 4.77. The number of anilines is 1. The Hall–Kier alpha value is -4.00. The number of para-hydroxylation sites is 1. The Kier molecular flexibility index (Phi) is 7.70. The van der Waals surface area contributed by atoms with Crippen molar-refractivity contribution in [3.8, 4) is 17.2 Å². The van der Waals surface area contributed by atoms with Crippen molar-refractivity contribution in [1.29, 1.82) is 0 Å². The maximum absolute atomic E-state index is 12.6. The van der Waals surface area contributed by atoms with E-state index in [0.29, 0.717) is 23.7 Å². The molecule has 0 heterocycles. The zero-order valence-corrected chi connectivity index (χ0v) is 18.2. The van der Waals surface area contributed by atoms with Gasteiger partial charge in [0.25, 0.3) is 5.91 Å². The maximum atomic E-state index is 12.6. The van der Waals surface area contributed by atoms with Gasteiger partial charge in [0.1, 0.15) is 5.75 Å². The van der Waals surface area contributed by atoms with E-state index in [0.717, 1.165) is 11.1 Å². The first kappa shape index (κ1) is 22.7. The fourth-order valence-electron chi connectivity index (χ4n) is 3.20. The molecule has 0 aliphatic carbocycles. The number of carbonyl (C=O) groups is 2. The van der Waals surface area contributed by atoms with Crippen molar-refractivity contribution in [2.75, 3.05) is 33.3 Å². The molecule has 7 nitrogen and oxygen atoms in total. The molecule has 1 N–H and O–H groups in total. The van der Waals surface area contributed by atoms with E-state index >= 15 is 0 Å². The van der Waals surface area contributed by atoms with E-state index in [1.54, 1.807) is 0 Å². The second kappa shape index (κ2) is 10.9. The van der Waals surface area contributed by atoms with E-state index in [9.17, 15) is 9.59 Å². The molecular weight excluding hydrogens is 410 g/mol. The number of hydrogen-bond donors (Lipinski definition) is 1. The Morgan fingerprint density at radius 1 is 0.812 bits per heavy atom. The Labute approximate surface area is 186 Å². The zero-order chi connectivity index (χ0) is 22.9. The topological polar surface area (TPSA) is 83.1 Å². The smallest absolute Gasteiger partial charge is 0.340 e. The first-order chi connectivity index (χ1) is 15.5. The number of ether oxygens (including phenoxy) is 4. The Balaban J connectivity index is 1.74. The van der Waals surface area contributed by atoms with Gasteiger partial charge in [-0.25, -0.2) is 4.79 Å². The lowest BCUT2D eigenvalue weighted by Gasteiger charge is -2.15. The van der Waals surface area contributed by atoms with Crippen LogP contribution in [0.4, 0.5) is 5.69 Å². The highest BCUT2D eigenvalue weighted by molar-refractivity contribution is 6.02. The quantitative estimate of drug-likeness (QED) is 0.510. The van der Waals surface area contributed by atoms with Crippen LogP contribution in [0, 0.1) is 0 Å². The van der Waals surface area contributed by atoms with Crippen molar-refractivity contribution in [3.05, 3.63) is 83.4 Å². The van der Waals surface area contributed by atoms with Gasteiger partial charge in [0.15, 0.2) is 18.1 Å². The van der Waals surface area contributed by atoms with Crippen molar-refractivity contribution in [2.24, 2.45) is 0 Å². The molecule has 0 unspecified atom stereocenters. The van der Waals surface area contributed by atoms with Gasteiger partial charge >= 0.3 is 5.97 Å². The summed E-state index contributed by atoms with van der Waals surface area (Å²) < 4.78 is 21.1. The monoisotopic (exact) mass is 435 g/mol. The predicted molar refractivity (Wildman–Crippen MR) is 121 cm³/mol. The normalized spacial score (nSPS) is 10.2. The Bertz CT molecular complexity index is 1080. The van der Waals surface area contributed by atoms with E-state index < -0.39 is 11.9 Å². The predicted octanol–water partition coefficient (Wildman–Crippen LogP) is 4.10. The summed E-state index contributed by atoms with van der Waals surface area (Å²) in [6.45, 7) is -0.235. The zero-order valence-electron chi connectivity index (χ0n) is 18.2. The number of hydrogen-bond acceptors (Lipinski definition) is 6. The summed E-state index contributed by atoms with van der Waals surface area (Å²) in [6.07, 6.45) is 0.681. The number of rotatable bonds is 9. The minimum Gasteiger partial charge on any atom is -0.493 e. The highest BCUT2D eigenvalue weighted by Crippen LogP contribution is 2.33. The summed E-state index contributed by atoms with van der Waals surface area (Å²) >= 11 is 0. The molecule has 0 saturated carbocycles. The minimum absolute atomic E-state index is 0.142. The summed E-state index contributed by atoms with van der Waals surface area (Å²) in [7, 11) is 4.18. The number of amides is 1. The van der Waals surface area contributed by atoms with Crippen LogP contribution in [0.1, 0.15) is 21.5 Å². The second-order valence-corrected chi connectivity index (χ2v) is 6.85. The van der Waals surface area contributed by atoms with E-state index in [1.807, 2.05) is 54.6 Å². The van der Waals surface area contributed by atoms with E-state index in [4.69, 9.17) is 18.9 Å². The number of esters is 1. The molecule has 0 radical (unpaired) electrons. The van der Waals surface area contributed by atoms with Gasteiger partial charge < -0.3 is 24.3 Å². The van der Waals surface area contributed by atoms with Gasteiger partial charge in [0.05, 0.1) is 32.6 Å². The molecule has 0 saturated heterocycles. The molecular formula is C25H25NO6. The standard InChI is InChI=1S/C25H25NO6/c1-29-22-14-19(25(28)31-3)20(15-23(22)30-2)26-24(27)16-32-21-12-8-7-11-18(21)13-17-9-5-4-6-10-17/h4-12,14-15H,13,16H2,1-3H3,(H,26,27). The molecule has 0 bridgehead atoms. The van der Waals surface area contributed by atoms with Crippen LogP contribution in [-0.2, 0) is 16.0 Å². The molecule has 0 aromatic heterocycles. The lowest BCUT2D eigenvalue weighted by molar-refractivity contribution is -0.118. The van der Waals surface area contributed by atoms with Crippen LogP contribution in [0.2, 0.25) is 0 Å². The van der Waals surface area contributed by atoms with Crippen LogP contribution >= 0.6 is 0 Å². The molecule has 0 atom stereocenters. The van der Waals surface area contributed by atoms with Crippen LogP contribution in [0.15, 0.2) is 66.7 Å². The lowest BCUT2D eigenvalue weighted by atomic mass is 10.0. The van der Waals surface area contributed by atoms with Crippen LogP contribution in [-0.4, -0.2) is 39.8 Å². The molecule has 0 aliphatic rings. The molecule has 166 valence electrons. The van der Waals surface area contributed by atoms with Gasteiger partial charge in [-0.1, -0.05) is 48.5 Å². The molecule has 7 heteroatoms. The van der Waals surface area contributed by atoms with Crippen molar-refractivity contribution in [1.82, 2.24) is 0 Å². The third-order valence-electron chi connectivity index (χ3n) is 4.77. The van der Waals surface area contributed by atoms with Crippen LogP contribution < -0.4 is 19.5 Å². The Morgan fingerprint density at radius 2 is 1.47 bits per heavy atom. The number of carbonyl (C=O) groups excluding carboxylic acids is 2. The summed E-state index contributed by atoms with van der Waals surface area (Å²) in [5.41, 5.74) is 2.48. The number of methoxy groups -OCH3 is 3. The molecule has 0 spiro atoms. The van der Waals surface area contributed by atoms with E-state index in [-0.39, 0.29) is 17.9 Å². The van der Waals surface area contributed by atoms with Crippen molar-refractivity contribution < 1.29 is 28.5 Å². The summed E-state index contributed by atoms with van der Waals surface area (Å²) in [5, 5.41) is 2.69. The molecule has 3 rings (SSSR count). The summed E-state index contributed by atoms with van der Waals surface area (Å²) in [5.74, 6) is 0.279. The van der Waals surface area contributed by atoms with E-state index in [2.05, 4.69) is 5.32 Å². The van der Waals surface area contributed by atoms with Crippen molar-refractivity contribution >= 4 is 17.6 Å². The lowest BCUT2D eigenvalue weighted by Crippen LogP contribution is -2.22. The van der Waals surface area contributed by atoms with Crippen LogP contribution in [0.3, 0.4) is 0 Å². The number of benzene rings is 3. The second-order valence-electron chi connectivity index (χ2n) is 6.85. The minimum atomic E-state index is -0.615. The molecule has 0 fully saturated rings. The molecule has 1 amide bonds. The molecule has 3 aromatic rings. The fourth-order valence-corrected chi connectivity index (χ4v) is 3.20. The van der Waals surface area contributed by atoms with Gasteiger partial charge in [0.2, 0.25) is 0 Å². The van der Waals surface area contributed by atoms with Crippen molar-refractivity contribution in [3.63, 3.8) is 0 Å². The first-order valence-electron chi connectivity index (χ1n) is 9.94. The molecule has 3 aromatic carbocycles. The first-order valence-corrected chi connectivity index (χ1v) is 9.94. The van der Waals surface area contributed by atoms with Gasteiger partial charge in [0, 0.05) is 18.6 Å². The van der Waals surface area contributed by atoms with Crippen LogP contribution in [0.5, 0.6) is 17.2 Å². The SMILES string of the molecule is COC(=O)c1cc(OC)c(OC)cc1NC(=O)COc1ccccc1Cc1ccccc1. The molecule has 32 heavy (non-hydrogen) atoms. The Morgan fingerprint density at radius 3 is 2.16 bits per heavy atom. The van der Waals surface area contributed by atoms with Gasteiger partial charge in [-0.05, 0) is 17.2 Å². The third kappa shape index (κ3) is 5.57. The highest BCUT2D eigenvalue weighted by atomic mass is 16.5. The summed E-state index contributed by atoms with van der Waals surface area (Å²) in [6, 6.07) is 20.5. The van der Waals surface area contributed by atoms with Gasteiger partial charge in [-0.3, -0.25) is 4.79 Å². The molecule has 0 aliphatic heterocycles. The average Bonchev–Trinajstić information content (AvgIpc) is 2.83.